The van der Waals surface area contributed by atoms with Crippen LogP contribution < -0.4 is 4.90 Å². The van der Waals surface area contributed by atoms with Crippen LogP contribution in [0, 0.1) is 0 Å². The van der Waals surface area contributed by atoms with Gasteiger partial charge in [-0.3, -0.25) is 0 Å². The van der Waals surface area contributed by atoms with E-state index in [9.17, 15) is 0 Å². The molecule has 0 saturated carbocycles. The fraction of sp³-hybridized carbons (Fsp3) is 0. The summed E-state index contributed by atoms with van der Waals surface area (Å²) in [6, 6.07) is 80.6. The van der Waals surface area contributed by atoms with Gasteiger partial charge in [0.25, 0.3) is 0 Å². The van der Waals surface area contributed by atoms with Gasteiger partial charge in [-0.05, 0) is 97.4 Å². The van der Waals surface area contributed by atoms with Crippen molar-refractivity contribution >= 4 is 60.5 Å². The van der Waals surface area contributed by atoms with Crippen molar-refractivity contribution in [2.75, 3.05) is 4.90 Å². The Morgan fingerprint density at radius 3 is 1.67 bits per heavy atom. The minimum absolute atomic E-state index is 0.864. The Morgan fingerprint density at radius 2 is 0.879 bits per heavy atom. The van der Waals surface area contributed by atoms with Gasteiger partial charge in [-0.15, -0.1) is 0 Å². The molecule has 0 aliphatic heterocycles. The number of nitrogens with zero attached hydrogens (tertiary/aromatic N) is 1. The summed E-state index contributed by atoms with van der Waals surface area (Å²) in [7, 11) is 0. The van der Waals surface area contributed by atoms with Crippen LogP contribution in [-0.4, -0.2) is 0 Å². The third-order valence-corrected chi connectivity index (χ3v) is 11.5. The largest absolute Gasteiger partial charge is 0.455 e. The Hall–Kier alpha value is -7.68. The minimum Gasteiger partial charge on any atom is -0.455 e. The molecular formula is C56H37NO. The van der Waals surface area contributed by atoms with E-state index in [0.717, 1.165) is 61.3 Å². The molecule has 58 heavy (non-hydrogen) atoms. The Kier molecular flexibility index (Phi) is 8.19. The third-order valence-electron chi connectivity index (χ3n) is 11.5. The lowest BCUT2D eigenvalue weighted by Gasteiger charge is -2.29. The highest BCUT2D eigenvalue weighted by Gasteiger charge is 2.24. The number of hydrogen-bond donors (Lipinski definition) is 0. The molecule has 2 heteroatoms. The Balaban J connectivity index is 1.12. The summed E-state index contributed by atoms with van der Waals surface area (Å²) in [5.41, 5.74) is 14.2. The first-order chi connectivity index (χ1) is 28.8. The van der Waals surface area contributed by atoms with E-state index < -0.39 is 0 Å². The lowest BCUT2D eigenvalue weighted by Crippen LogP contribution is -2.12. The van der Waals surface area contributed by atoms with Crippen molar-refractivity contribution in [3.8, 4) is 44.5 Å². The molecule has 0 aliphatic rings. The average molecular weight is 740 g/mol. The van der Waals surface area contributed by atoms with Crippen LogP contribution in [-0.2, 0) is 0 Å². The fourth-order valence-corrected chi connectivity index (χ4v) is 8.63. The second-order valence-corrected chi connectivity index (χ2v) is 14.9. The van der Waals surface area contributed by atoms with Gasteiger partial charge in [0, 0.05) is 22.2 Å². The maximum absolute atomic E-state index is 6.88. The number of anilines is 3. The van der Waals surface area contributed by atoms with Crippen molar-refractivity contribution in [1.29, 1.82) is 0 Å². The highest BCUT2D eigenvalue weighted by Crippen LogP contribution is 2.49. The van der Waals surface area contributed by atoms with Crippen molar-refractivity contribution < 1.29 is 4.42 Å². The zero-order valence-corrected chi connectivity index (χ0v) is 31.7. The molecule has 1 heterocycles. The van der Waals surface area contributed by atoms with Crippen molar-refractivity contribution in [1.82, 2.24) is 0 Å². The molecule has 2 nitrogen and oxygen atoms in total. The van der Waals surface area contributed by atoms with Crippen LogP contribution in [0.15, 0.2) is 229 Å². The zero-order valence-electron chi connectivity index (χ0n) is 31.7. The van der Waals surface area contributed by atoms with E-state index in [1.165, 1.54) is 43.8 Å². The van der Waals surface area contributed by atoms with Gasteiger partial charge in [0.1, 0.15) is 11.2 Å². The van der Waals surface area contributed by atoms with Gasteiger partial charge in [0.05, 0.1) is 16.8 Å². The lowest BCUT2D eigenvalue weighted by atomic mass is 9.95. The monoisotopic (exact) mass is 739 g/mol. The van der Waals surface area contributed by atoms with Crippen LogP contribution in [0.5, 0.6) is 0 Å². The first-order valence-electron chi connectivity index (χ1n) is 19.8. The molecule has 11 rings (SSSR count). The number of furan rings is 1. The molecule has 0 bridgehead atoms. The molecule has 0 N–H and O–H groups in total. The van der Waals surface area contributed by atoms with Crippen molar-refractivity contribution in [2.24, 2.45) is 0 Å². The van der Waals surface area contributed by atoms with Gasteiger partial charge in [-0.25, -0.2) is 0 Å². The van der Waals surface area contributed by atoms with E-state index in [1.54, 1.807) is 0 Å². The van der Waals surface area contributed by atoms with Crippen LogP contribution in [0.4, 0.5) is 17.1 Å². The first kappa shape index (κ1) is 33.6. The highest BCUT2D eigenvalue weighted by atomic mass is 16.3. The van der Waals surface area contributed by atoms with Crippen molar-refractivity contribution in [3.63, 3.8) is 0 Å². The van der Waals surface area contributed by atoms with Crippen LogP contribution in [0.2, 0.25) is 0 Å². The predicted octanol–water partition coefficient (Wildman–Crippen LogP) is 16.0. The molecule has 0 saturated heterocycles. The Labute approximate surface area is 337 Å². The van der Waals surface area contributed by atoms with E-state index in [-0.39, 0.29) is 0 Å². The second-order valence-electron chi connectivity index (χ2n) is 14.9. The maximum Gasteiger partial charge on any atom is 0.145 e. The van der Waals surface area contributed by atoms with Gasteiger partial charge in [0.15, 0.2) is 0 Å². The van der Waals surface area contributed by atoms with Crippen LogP contribution in [0.3, 0.4) is 0 Å². The number of fused-ring (bicyclic) bond motifs is 5. The molecule has 10 aromatic carbocycles. The molecule has 0 aliphatic carbocycles. The quantitative estimate of drug-likeness (QED) is 0.162. The van der Waals surface area contributed by atoms with Crippen molar-refractivity contribution in [2.45, 2.75) is 0 Å². The Morgan fingerprint density at radius 1 is 0.310 bits per heavy atom. The molecule has 0 atom stereocenters. The predicted molar refractivity (Wildman–Crippen MR) is 245 cm³/mol. The summed E-state index contributed by atoms with van der Waals surface area (Å²) in [6.45, 7) is 0. The number of benzene rings is 10. The summed E-state index contributed by atoms with van der Waals surface area (Å²) in [6.07, 6.45) is 0. The second kappa shape index (κ2) is 14.1. The average Bonchev–Trinajstić information content (AvgIpc) is 3.70. The van der Waals surface area contributed by atoms with E-state index >= 15 is 0 Å². The van der Waals surface area contributed by atoms with E-state index in [0.29, 0.717) is 0 Å². The summed E-state index contributed by atoms with van der Waals surface area (Å²) >= 11 is 0. The number of hydrogen-bond acceptors (Lipinski definition) is 2. The highest BCUT2D eigenvalue weighted by molar-refractivity contribution is 6.18. The molecule has 272 valence electrons. The van der Waals surface area contributed by atoms with E-state index in [1.807, 2.05) is 0 Å². The Bertz CT molecular complexity index is 3260. The zero-order chi connectivity index (χ0) is 38.4. The van der Waals surface area contributed by atoms with Crippen molar-refractivity contribution in [3.05, 3.63) is 224 Å². The summed E-state index contributed by atoms with van der Waals surface area (Å²) < 4.78 is 6.88. The molecule has 1 aromatic heterocycles. The lowest BCUT2D eigenvalue weighted by molar-refractivity contribution is 0.670. The van der Waals surface area contributed by atoms with Gasteiger partial charge in [-0.1, -0.05) is 182 Å². The number of rotatable bonds is 7. The smallest absolute Gasteiger partial charge is 0.145 e. The van der Waals surface area contributed by atoms with Gasteiger partial charge >= 0.3 is 0 Å². The fourth-order valence-electron chi connectivity index (χ4n) is 8.63. The topological polar surface area (TPSA) is 16.4 Å². The molecule has 0 radical (unpaired) electrons. The molecule has 0 spiro atoms. The SMILES string of the molecule is c1ccc(-c2ccc(-c3ccc(N(c4ccccc4-c4cccc5ccccc45)c4ccc(-c5ccc6ccccc6c5)c5oc6ccccc6c45)cc3)cc2)cc1. The normalized spacial score (nSPS) is 11.4. The minimum atomic E-state index is 0.864. The maximum atomic E-state index is 6.88. The molecular weight excluding hydrogens is 703 g/mol. The van der Waals surface area contributed by atoms with Gasteiger partial charge in [0.2, 0.25) is 0 Å². The summed E-state index contributed by atoms with van der Waals surface area (Å²) in [5, 5.41) is 7.01. The van der Waals surface area contributed by atoms with E-state index in [2.05, 4.69) is 229 Å². The van der Waals surface area contributed by atoms with Gasteiger partial charge in [-0.2, -0.15) is 0 Å². The number of para-hydroxylation sites is 2. The standard InChI is InChI=1S/C56H37NO/c1-2-13-38(14-3-1)40-25-27-41(28-26-40)42-31-33-46(34-32-42)57(52-23-10-8-20-50(52)49-22-12-18-43-16-6-7-19-47(43)49)53-36-35-48(45-30-29-39-15-4-5-17-44(39)37-45)56-55(53)51-21-9-11-24-54(51)58-56/h1-37H. The van der Waals surface area contributed by atoms with Crippen LogP contribution in [0.25, 0.3) is 88.0 Å². The van der Waals surface area contributed by atoms with Crippen LogP contribution >= 0.6 is 0 Å². The van der Waals surface area contributed by atoms with Crippen LogP contribution in [0.1, 0.15) is 0 Å². The summed E-state index contributed by atoms with van der Waals surface area (Å²) in [5.74, 6) is 0. The van der Waals surface area contributed by atoms with Gasteiger partial charge < -0.3 is 9.32 Å². The van der Waals surface area contributed by atoms with E-state index in [4.69, 9.17) is 4.42 Å². The molecule has 0 fully saturated rings. The summed E-state index contributed by atoms with van der Waals surface area (Å²) in [4.78, 5) is 2.42. The first-order valence-corrected chi connectivity index (χ1v) is 19.8. The molecule has 0 amide bonds. The third kappa shape index (κ3) is 5.82. The molecule has 0 unspecified atom stereocenters. The molecule has 11 aromatic rings.